The second-order valence-corrected chi connectivity index (χ2v) is 9.36. The largest absolute Gasteiger partial charge is 0.489 e. The summed E-state index contributed by atoms with van der Waals surface area (Å²) in [6.45, 7) is 1.66. The molecule has 0 aromatic heterocycles. The number of hydrogen-bond donors (Lipinski definition) is 2. The molecule has 0 saturated carbocycles. The molecule has 0 radical (unpaired) electrons. The minimum Gasteiger partial charge on any atom is -0.489 e. The summed E-state index contributed by atoms with van der Waals surface area (Å²) < 4.78 is 42.1. The molecule has 0 unspecified atom stereocenters. The fourth-order valence-electron chi connectivity index (χ4n) is 3.67. The van der Waals surface area contributed by atoms with Gasteiger partial charge in [0, 0.05) is 12.1 Å². The van der Waals surface area contributed by atoms with E-state index < -0.39 is 10.0 Å². The Morgan fingerprint density at radius 2 is 1.55 bits per heavy atom. The Morgan fingerprint density at radius 3 is 2.27 bits per heavy atom. The second kappa shape index (κ2) is 10.1. The highest BCUT2D eigenvalue weighted by atomic mass is 32.2. The van der Waals surface area contributed by atoms with Crippen LogP contribution in [-0.2, 0) is 29.6 Å². The maximum absolute atomic E-state index is 13.2. The molecule has 0 bridgehead atoms. The molecule has 4 rings (SSSR count). The van der Waals surface area contributed by atoms with Crippen LogP contribution in [-0.4, -0.2) is 15.0 Å². The first-order valence-corrected chi connectivity index (χ1v) is 12.1. The molecule has 0 aliphatic rings. The molecule has 4 aromatic rings. The van der Waals surface area contributed by atoms with Crippen molar-refractivity contribution in [3.8, 4) is 5.75 Å². The first-order chi connectivity index (χ1) is 15.9. The Balaban J connectivity index is 1.44. The number of halogens is 1. The normalized spacial score (nSPS) is 11.6. The van der Waals surface area contributed by atoms with Crippen molar-refractivity contribution in [2.24, 2.45) is 5.14 Å². The van der Waals surface area contributed by atoms with Gasteiger partial charge in [0.1, 0.15) is 18.2 Å². The van der Waals surface area contributed by atoms with Crippen molar-refractivity contribution in [1.82, 2.24) is 5.32 Å². The van der Waals surface area contributed by atoms with E-state index in [1.165, 1.54) is 24.3 Å². The van der Waals surface area contributed by atoms with Crippen LogP contribution in [0.5, 0.6) is 5.75 Å². The highest BCUT2D eigenvalue weighted by Crippen LogP contribution is 2.29. The van der Waals surface area contributed by atoms with Crippen molar-refractivity contribution in [1.29, 1.82) is 0 Å². The molecule has 0 saturated heterocycles. The van der Waals surface area contributed by atoms with Crippen LogP contribution in [0.3, 0.4) is 0 Å². The molecule has 0 spiro atoms. The van der Waals surface area contributed by atoms with Crippen LogP contribution in [0.25, 0.3) is 10.8 Å². The molecule has 0 atom stereocenters. The maximum atomic E-state index is 13.2. The van der Waals surface area contributed by atoms with Crippen LogP contribution in [0.1, 0.15) is 16.7 Å². The Morgan fingerprint density at radius 1 is 0.848 bits per heavy atom. The van der Waals surface area contributed by atoms with Gasteiger partial charge in [-0.25, -0.2) is 17.9 Å². The van der Waals surface area contributed by atoms with Gasteiger partial charge in [0.25, 0.3) is 0 Å². The molecule has 0 aliphatic carbocycles. The molecule has 7 heteroatoms. The van der Waals surface area contributed by atoms with Crippen LogP contribution >= 0.6 is 0 Å². The van der Waals surface area contributed by atoms with E-state index in [0.717, 1.165) is 39.6 Å². The molecular weight excluding hydrogens is 439 g/mol. The second-order valence-electron chi connectivity index (χ2n) is 7.79. The van der Waals surface area contributed by atoms with Crippen molar-refractivity contribution in [2.75, 3.05) is 6.54 Å². The minimum absolute atomic E-state index is 0.109. The Kier molecular flexibility index (Phi) is 7.03. The number of primary sulfonamides is 1. The van der Waals surface area contributed by atoms with Gasteiger partial charge >= 0.3 is 0 Å². The monoisotopic (exact) mass is 464 g/mol. The number of ether oxygens (including phenoxy) is 1. The summed E-state index contributed by atoms with van der Waals surface area (Å²) in [5.41, 5.74) is 2.96. The van der Waals surface area contributed by atoms with E-state index in [0.29, 0.717) is 19.7 Å². The molecule has 0 fully saturated rings. The molecule has 0 heterocycles. The van der Waals surface area contributed by atoms with Gasteiger partial charge in [-0.1, -0.05) is 54.6 Å². The van der Waals surface area contributed by atoms with E-state index in [1.54, 1.807) is 24.3 Å². The third-order valence-electron chi connectivity index (χ3n) is 5.45. The van der Waals surface area contributed by atoms with Gasteiger partial charge in [0.2, 0.25) is 10.0 Å². The summed E-state index contributed by atoms with van der Waals surface area (Å²) in [6, 6.07) is 25.0. The molecule has 170 valence electrons. The lowest BCUT2D eigenvalue weighted by atomic mass is 10.0. The van der Waals surface area contributed by atoms with Crippen molar-refractivity contribution in [2.45, 2.75) is 24.5 Å². The summed E-state index contributed by atoms with van der Waals surface area (Å²) in [7, 11) is -3.68. The Labute approximate surface area is 193 Å². The number of hydrogen-bond acceptors (Lipinski definition) is 4. The average Bonchev–Trinajstić information content (AvgIpc) is 2.81. The fraction of sp³-hybridized carbons (Fsp3) is 0.154. The van der Waals surface area contributed by atoms with Crippen molar-refractivity contribution >= 4 is 20.8 Å². The van der Waals surface area contributed by atoms with Gasteiger partial charge < -0.3 is 10.1 Å². The van der Waals surface area contributed by atoms with E-state index in [2.05, 4.69) is 17.4 Å². The number of benzene rings is 4. The molecule has 0 aliphatic heterocycles. The standard InChI is InChI=1S/C26H25FN2O3S/c27-22-10-5-20(6-11-22)18-32-26-14-9-21-3-1-2-4-24(21)25(26)17-29-16-15-19-7-12-23(13-8-19)33(28,30)31/h1-14,29H,15-18H2,(H2,28,30,31). The maximum Gasteiger partial charge on any atom is 0.238 e. The first-order valence-electron chi connectivity index (χ1n) is 10.6. The highest BCUT2D eigenvalue weighted by molar-refractivity contribution is 7.89. The van der Waals surface area contributed by atoms with Crippen LogP contribution in [0, 0.1) is 5.82 Å². The molecular formula is C26H25FN2O3S. The van der Waals surface area contributed by atoms with Gasteiger partial charge in [-0.2, -0.15) is 0 Å². The van der Waals surface area contributed by atoms with E-state index in [-0.39, 0.29) is 10.7 Å². The van der Waals surface area contributed by atoms with E-state index >= 15 is 0 Å². The third kappa shape index (κ3) is 5.96. The lowest BCUT2D eigenvalue weighted by Crippen LogP contribution is -2.18. The third-order valence-corrected chi connectivity index (χ3v) is 6.38. The zero-order chi connectivity index (χ0) is 23.3. The summed E-state index contributed by atoms with van der Waals surface area (Å²) in [5, 5.41) is 10.9. The molecule has 33 heavy (non-hydrogen) atoms. The SMILES string of the molecule is NS(=O)(=O)c1ccc(CCNCc2c(OCc3ccc(F)cc3)ccc3ccccc23)cc1. The number of fused-ring (bicyclic) bond motifs is 1. The Hall–Kier alpha value is -3.26. The van der Waals surface area contributed by atoms with Crippen LogP contribution in [0.2, 0.25) is 0 Å². The summed E-state index contributed by atoms with van der Waals surface area (Å²) in [4.78, 5) is 0.109. The van der Waals surface area contributed by atoms with E-state index in [4.69, 9.17) is 9.88 Å². The predicted octanol–water partition coefficient (Wildman–Crippen LogP) is 4.54. The van der Waals surface area contributed by atoms with Gasteiger partial charge in [0.05, 0.1) is 4.90 Å². The smallest absolute Gasteiger partial charge is 0.238 e. The van der Waals surface area contributed by atoms with E-state index in [1.807, 2.05) is 24.3 Å². The highest BCUT2D eigenvalue weighted by Gasteiger charge is 2.10. The lowest BCUT2D eigenvalue weighted by molar-refractivity contribution is 0.302. The number of nitrogens with two attached hydrogens (primary N) is 1. The van der Waals surface area contributed by atoms with Gasteiger partial charge in [-0.05, 0) is 65.2 Å². The molecule has 3 N–H and O–H groups in total. The molecule has 5 nitrogen and oxygen atoms in total. The van der Waals surface area contributed by atoms with Gasteiger partial charge in [-0.3, -0.25) is 0 Å². The van der Waals surface area contributed by atoms with Gasteiger partial charge in [0.15, 0.2) is 0 Å². The van der Waals surface area contributed by atoms with Crippen molar-refractivity contribution < 1.29 is 17.5 Å². The zero-order valence-corrected chi connectivity index (χ0v) is 18.8. The average molecular weight is 465 g/mol. The number of sulfonamides is 1. The van der Waals surface area contributed by atoms with Crippen LogP contribution < -0.4 is 15.2 Å². The summed E-state index contributed by atoms with van der Waals surface area (Å²) in [5.74, 6) is 0.511. The fourth-order valence-corrected chi connectivity index (χ4v) is 4.18. The molecule has 0 amide bonds. The predicted molar refractivity (Wildman–Crippen MR) is 128 cm³/mol. The lowest BCUT2D eigenvalue weighted by Gasteiger charge is -2.15. The van der Waals surface area contributed by atoms with Crippen LogP contribution in [0.4, 0.5) is 4.39 Å². The number of nitrogens with one attached hydrogen (secondary N) is 1. The quantitative estimate of drug-likeness (QED) is 0.357. The zero-order valence-electron chi connectivity index (χ0n) is 18.0. The summed E-state index contributed by atoms with van der Waals surface area (Å²) in [6.07, 6.45) is 0.738. The summed E-state index contributed by atoms with van der Waals surface area (Å²) >= 11 is 0. The van der Waals surface area contributed by atoms with Gasteiger partial charge in [-0.15, -0.1) is 0 Å². The molecule has 4 aromatic carbocycles. The van der Waals surface area contributed by atoms with Crippen molar-refractivity contribution in [3.63, 3.8) is 0 Å². The Bertz CT molecular complexity index is 1340. The first kappa shape index (κ1) is 22.9. The number of rotatable bonds is 9. The minimum atomic E-state index is -3.68. The van der Waals surface area contributed by atoms with Crippen LogP contribution in [0.15, 0.2) is 89.8 Å². The topological polar surface area (TPSA) is 81.4 Å². The van der Waals surface area contributed by atoms with Crippen molar-refractivity contribution in [3.05, 3.63) is 107 Å². The van der Waals surface area contributed by atoms with E-state index in [9.17, 15) is 12.8 Å².